The molecule has 9 nitrogen and oxygen atoms in total. The number of anilines is 1. The van der Waals surface area contributed by atoms with Gasteiger partial charge in [-0.25, -0.2) is 0 Å². The zero-order valence-electron chi connectivity index (χ0n) is 22.9. The molecule has 3 fully saturated rings. The third-order valence-electron chi connectivity index (χ3n) is 9.53. The molecule has 2 aromatic carbocycles. The van der Waals surface area contributed by atoms with Crippen molar-refractivity contribution in [3.8, 4) is 0 Å². The van der Waals surface area contributed by atoms with Crippen molar-refractivity contribution in [2.75, 3.05) is 31.6 Å². The summed E-state index contributed by atoms with van der Waals surface area (Å²) in [7, 11) is 1.85. The van der Waals surface area contributed by atoms with Crippen LogP contribution in [0.5, 0.6) is 0 Å². The molecule has 1 saturated carbocycles. The zero-order chi connectivity index (χ0) is 27.4. The predicted octanol–water partition coefficient (Wildman–Crippen LogP) is 3.60. The van der Waals surface area contributed by atoms with E-state index in [4.69, 9.17) is 9.84 Å². The van der Waals surface area contributed by atoms with E-state index in [0.717, 1.165) is 60.1 Å². The molecule has 7 rings (SSSR count). The van der Waals surface area contributed by atoms with Gasteiger partial charge < -0.3 is 9.64 Å². The largest absolute Gasteiger partial charge is 0.377 e. The second kappa shape index (κ2) is 9.82. The van der Waals surface area contributed by atoms with Gasteiger partial charge in [0.15, 0.2) is 0 Å². The number of methoxy groups -OCH3 is 1. The van der Waals surface area contributed by atoms with Crippen LogP contribution in [0.1, 0.15) is 72.5 Å². The number of benzene rings is 2. The first-order valence-corrected chi connectivity index (χ1v) is 14.5. The Morgan fingerprint density at radius 2 is 1.90 bits per heavy atom. The number of hydrogen-bond acceptors (Lipinski definition) is 6. The van der Waals surface area contributed by atoms with E-state index in [1.807, 2.05) is 37.6 Å². The number of rotatable bonds is 7. The maximum atomic E-state index is 13.4. The quantitative estimate of drug-likeness (QED) is 0.459. The number of hydrogen-bond donors (Lipinski definition) is 1. The fourth-order valence-corrected chi connectivity index (χ4v) is 7.09. The van der Waals surface area contributed by atoms with Crippen LogP contribution in [0.2, 0.25) is 0 Å². The maximum Gasteiger partial charge on any atom is 0.259 e. The third-order valence-corrected chi connectivity index (χ3v) is 9.53. The second-order valence-electron chi connectivity index (χ2n) is 11.9. The first-order chi connectivity index (χ1) is 19.4. The average molecular weight is 542 g/mol. The highest BCUT2D eigenvalue weighted by atomic mass is 16.5. The van der Waals surface area contributed by atoms with E-state index in [-0.39, 0.29) is 23.8 Å². The van der Waals surface area contributed by atoms with Crippen LogP contribution in [0.25, 0.3) is 10.8 Å². The third kappa shape index (κ3) is 4.23. The molecule has 4 heterocycles. The standard InChI is InChI=1S/C31H35N5O4/c1-40-31(12-3-13-31)19-34-14-10-22(11-15-34)35-18-20(17-32-35)16-21-6-7-25-28-23(21)4-2-5-24(28)30(39)36(25)26-8-9-27(37)33-29(26)38/h2,4-7,17-18,22,26H,3,8-16,19H2,1H3,(H,33,37,38). The molecule has 208 valence electrons. The summed E-state index contributed by atoms with van der Waals surface area (Å²) in [5, 5.41) is 9.04. The van der Waals surface area contributed by atoms with Crippen LogP contribution in [0.4, 0.5) is 5.69 Å². The van der Waals surface area contributed by atoms with Gasteiger partial charge in [-0.15, -0.1) is 0 Å². The normalized spacial score (nSPS) is 23.1. The van der Waals surface area contributed by atoms with Crippen molar-refractivity contribution in [3.05, 3.63) is 59.4 Å². The van der Waals surface area contributed by atoms with E-state index in [0.29, 0.717) is 24.4 Å². The van der Waals surface area contributed by atoms with Crippen molar-refractivity contribution in [2.24, 2.45) is 0 Å². The lowest BCUT2D eigenvalue weighted by Gasteiger charge is -2.45. The van der Waals surface area contributed by atoms with E-state index >= 15 is 0 Å². The van der Waals surface area contributed by atoms with Crippen molar-refractivity contribution < 1.29 is 19.1 Å². The minimum Gasteiger partial charge on any atom is -0.377 e. The van der Waals surface area contributed by atoms with Crippen LogP contribution in [0.15, 0.2) is 42.7 Å². The highest BCUT2D eigenvalue weighted by Gasteiger charge is 2.41. The smallest absolute Gasteiger partial charge is 0.259 e. The van der Waals surface area contributed by atoms with Crippen LogP contribution in [-0.4, -0.2) is 70.8 Å². The Hall–Kier alpha value is -3.56. The van der Waals surface area contributed by atoms with Crippen LogP contribution < -0.4 is 10.2 Å². The Balaban J connectivity index is 1.07. The Morgan fingerprint density at radius 1 is 1.07 bits per heavy atom. The van der Waals surface area contributed by atoms with E-state index in [1.165, 1.54) is 19.3 Å². The minimum absolute atomic E-state index is 0.0782. The summed E-state index contributed by atoms with van der Waals surface area (Å²) in [4.78, 5) is 41.9. The predicted molar refractivity (Wildman–Crippen MR) is 150 cm³/mol. The molecule has 2 saturated heterocycles. The fourth-order valence-electron chi connectivity index (χ4n) is 7.09. The lowest BCUT2D eigenvalue weighted by molar-refractivity contribution is -0.134. The second-order valence-corrected chi connectivity index (χ2v) is 11.9. The van der Waals surface area contributed by atoms with Gasteiger partial charge in [0.2, 0.25) is 11.8 Å². The SMILES string of the molecule is COC1(CN2CCC(n3cc(Cc4ccc5c6c(cccc46)C(=O)N5C4CCC(=O)NC4=O)cn3)CC2)CCC1. The van der Waals surface area contributed by atoms with Gasteiger partial charge in [-0.2, -0.15) is 5.10 Å². The maximum absolute atomic E-state index is 13.4. The van der Waals surface area contributed by atoms with Crippen LogP contribution >= 0.6 is 0 Å². The van der Waals surface area contributed by atoms with Crippen molar-refractivity contribution in [1.29, 1.82) is 0 Å². The Bertz CT molecular complexity index is 1500. The molecule has 3 aromatic rings. The molecule has 0 bridgehead atoms. The summed E-state index contributed by atoms with van der Waals surface area (Å²) in [5.41, 5.74) is 3.70. The molecule has 0 spiro atoms. The molecule has 0 radical (unpaired) electrons. The summed E-state index contributed by atoms with van der Waals surface area (Å²) in [5.74, 6) is -0.876. The summed E-state index contributed by atoms with van der Waals surface area (Å²) >= 11 is 0. The molecule has 1 unspecified atom stereocenters. The van der Waals surface area contributed by atoms with Crippen LogP contribution in [-0.2, 0) is 20.7 Å². The highest BCUT2D eigenvalue weighted by Crippen LogP contribution is 2.41. The number of carbonyl (C=O) groups excluding carboxylic acids is 3. The van der Waals surface area contributed by atoms with E-state index < -0.39 is 11.9 Å². The van der Waals surface area contributed by atoms with Crippen LogP contribution in [0.3, 0.4) is 0 Å². The topological polar surface area (TPSA) is 96.8 Å². The molecule has 3 amide bonds. The Labute approximate surface area is 233 Å². The van der Waals surface area contributed by atoms with E-state index in [9.17, 15) is 14.4 Å². The summed E-state index contributed by atoms with van der Waals surface area (Å²) in [6.07, 6.45) is 11.2. The number of nitrogens with one attached hydrogen (secondary N) is 1. The van der Waals surface area contributed by atoms with E-state index in [2.05, 4.69) is 27.2 Å². The minimum atomic E-state index is -0.676. The molecule has 1 aromatic heterocycles. The summed E-state index contributed by atoms with van der Waals surface area (Å²) in [6.45, 7) is 3.17. The first-order valence-electron chi connectivity index (χ1n) is 14.5. The molecule has 3 aliphatic heterocycles. The van der Waals surface area contributed by atoms with Gasteiger partial charge >= 0.3 is 0 Å². The number of amides is 3. The van der Waals surface area contributed by atoms with Gasteiger partial charge in [0.1, 0.15) is 6.04 Å². The number of aromatic nitrogens is 2. The van der Waals surface area contributed by atoms with Gasteiger partial charge in [-0.05, 0) is 67.2 Å². The monoisotopic (exact) mass is 541 g/mol. The lowest BCUT2D eigenvalue weighted by atomic mass is 9.79. The van der Waals surface area contributed by atoms with Gasteiger partial charge in [0.05, 0.1) is 23.5 Å². The van der Waals surface area contributed by atoms with Crippen molar-refractivity contribution >= 4 is 34.2 Å². The fraction of sp³-hybridized carbons (Fsp3) is 0.484. The van der Waals surface area contributed by atoms with Crippen molar-refractivity contribution in [2.45, 2.75) is 69.1 Å². The molecule has 9 heteroatoms. The summed E-state index contributed by atoms with van der Waals surface area (Å²) < 4.78 is 7.97. The molecule has 1 atom stereocenters. The number of likely N-dealkylation sites (tertiary alicyclic amines) is 1. The van der Waals surface area contributed by atoms with E-state index in [1.54, 1.807) is 4.90 Å². The first kappa shape index (κ1) is 25.4. The zero-order valence-corrected chi connectivity index (χ0v) is 22.9. The number of carbonyl (C=O) groups is 3. The number of ether oxygens (including phenoxy) is 1. The van der Waals surface area contributed by atoms with Gasteiger partial charge in [-0.1, -0.05) is 18.2 Å². The van der Waals surface area contributed by atoms with Crippen molar-refractivity contribution in [1.82, 2.24) is 20.0 Å². The number of piperidine rings is 2. The lowest BCUT2D eigenvalue weighted by Crippen LogP contribution is -2.53. The molecule has 4 aliphatic rings. The van der Waals surface area contributed by atoms with Crippen molar-refractivity contribution in [3.63, 3.8) is 0 Å². The summed E-state index contributed by atoms with van der Waals surface area (Å²) in [6, 6.07) is 9.51. The number of imide groups is 1. The number of nitrogens with zero attached hydrogens (tertiary/aromatic N) is 4. The Kier molecular flexibility index (Phi) is 6.24. The molecular weight excluding hydrogens is 506 g/mol. The van der Waals surface area contributed by atoms with Crippen LogP contribution in [0, 0.1) is 0 Å². The van der Waals surface area contributed by atoms with Gasteiger partial charge in [0.25, 0.3) is 5.91 Å². The molecular formula is C31H35N5O4. The highest BCUT2D eigenvalue weighted by molar-refractivity contribution is 6.27. The van der Waals surface area contributed by atoms with Gasteiger partial charge in [0, 0.05) is 56.7 Å². The molecule has 1 aliphatic carbocycles. The molecule has 40 heavy (non-hydrogen) atoms. The average Bonchev–Trinajstić information content (AvgIpc) is 3.52. The molecule has 1 N–H and O–H groups in total. The Morgan fingerprint density at radius 3 is 2.62 bits per heavy atom. The van der Waals surface area contributed by atoms with Gasteiger partial charge in [-0.3, -0.25) is 29.3 Å².